The molecule has 0 saturated heterocycles. The molecule has 38 heavy (non-hydrogen) atoms. The van der Waals surface area contributed by atoms with E-state index < -0.39 is 5.91 Å². The van der Waals surface area contributed by atoms with Crippen LogP contribution in [-0.2, 0) is 24.0 Å². The molecule has 2 aromatic carbocycles. The number of hydrogen-bond donors (Lipinski definition) is 3. The fourth-order valence-electron chi connectivity index (χ4n) is 4.43. The van der Waals surface area contributed by atoms with Gasteiger partial charge in [-0.15, -0.1) is 11.3 Å². The Kier molecular flexibility index (Phi) is 8.38. The topological polar surface area (TPSA) is 113 Å². The first kappa shape index (κ1) is 27.6. The Bertz CT molecular complexity index is 1550. The third-order valence-corrected chi connectivity index (χ3v) is 8.11. The smallest absolute Gasteiger partial charge is 0.251 e. The van der Waals surface area contributed by atoms with Gasteiger partial charge in [-0.25, -0.2) is 4.39 Å². The van der Waals surface area contributed by atoms with Gasteiger partial charge in [-0.2, -0.15) is 0 Å². The molecule has 0 aliphatic heterocycles. The van der Waals surface area contributed by atoms with Crippen molar-refractivity contribution < 1.29 is 13.9 Å². The van der Waals surface area contributed by atoms with E-state index in [-0.39, 0.29) is 29.1 Å². The van der Waals surface area contributed by atoms with Crippen molar-refractivity contribution in [3.8, 4) is 10.4 Å². The molecular weight excluding hydrogens is 567 g/mol. The summed E-state index contributed by atoms with van der Waals surface area (Å²) in [5.41, 5.74) is 9.11. The Morgan fingerprint density at radius 2 is 1.82 bits per heavy atom. The summed E-state index contributed by atoms with van der Waals surface area (Å²) in [6.07, 6.45) is 1.46. The van der Waals surface area contributed by atoms with Gasteiger partial charge in [0.25, 0.3) is 5.91 Å². The molecule has 0 aliphatic rings. The maximum atomic E-state index is 13.5. The van der Waals surface area contributed by atoms with E-state index in [0.717, 1.165) is 25.0 Å². The molecule has 0 aliphatic carbocycles. The highest BCUT2D eigenvalue weighted by Gasteiger charge is 2.29. The van der Waals surface area contributed by atoms with Crippen LogP contribution in [0.1, 0.15) is 53.6 Å². The first-order valence-corrected chi connectivity index (χ1v) is 13.8. The zero-order chi connectivity index (χ0) is 27.6. The number of carbonyl (C=O) groups excluding carboxylic acids is 1. The van der Waals surface area contributed by atoms with E-state index in [1.165, 1.54) is 30.4 Å². The number of benzene rings is 2. The van der Waals surface area contributed by atoms with Crippen molar-refractivity contribution >= 4 is 55.1 Å². The number of nitrogens with zero attached hydrogens (tertiary/aromatic N) is 1. The summed E-state index contributed by atoms with van der Waals surface area (Å²) in [5, 5.41) is 17.6. The van der Waals surface area contributed by atoms with Crippen LogP contribution in [0.25, 0.3) is 20.5 Å². The van der Waals surface area contributed by atoms with E-state index in [4.69, 9.17) is 26.3 Å². The van der Waals surface area contributed by atoms with Crippen molar-refractivity contribution in [1.82, 2.24) is 4.98 Å². The van der Waals surface area contributed by atoms with Crippen molar-refractivity contribution in [3.63, 3.8) is 0 Å². The predicted molar refractivity (Wildman–Crippen MR) is 155 cm³/mol. The van der Waals surface area contributed by atoms with Crippen LogP contribution < -0.4 is 5.73 Å². The number of hydrogen-bond acceptors (Lipinski definition) is 6. The number of aromatic nitrogens is 1. The summed E-state index contributed by atoms with van der Waals surface area (Å²) >= 11 is 5.09. The predicted octanol–water partition coefficient (Wildman–Crippen LogP) is 7.29. The molecule has 0 saturated carbocycles. The summed E-state index contributed by atoms with van der Waals surface area (Å²) in [4.78, 5) is 18.6. The first-order valence-electron chi connectivity index (χ1n) is 12.2. The van der Waals surface area contributed by atoms with Crippen LogP contribution >= 0.6 is 27.3 Å². The van der Waals surface area contributed by atoms with Gasteiger partial charge >= 0.3 is 0 Å². The van der Waals surface area contributed by atoms with Crippen molar-refractivity contribution in [2.24, 2.45) is 11.7 Å². The second-order valence-electron chi connectivity index (χ2n) is 9.48. The summed E-state index contributed by atoms with van der Waals surface area (Å²) < 4.78 is 20.9. The van der Waals surface area contributed by atoms with Gasteiger partial charge in [-0.05, 0) is 76.3 Å². The maximum Gasteiger partial charge on any atom is 0.251 e. The minimum absolute atomic E-state index is 0.156. The monoisotopic (exact) mass is 594 g/mol. The molecule has 196 valence electrons. The lowest BCUT2D eigenvalue weighted by atomic mass is 9.91. The van der Waals surface area contributed by atoms with E-state index in [9.17, 15) is 9.18 Å². The lowest BCUT2D eigenvalue weighted by molar-refractivity contribution is 0.0999. The molecule has 1 amide bonds. The molecule has 4 N–H and O–H groups in total. The number of rotatable bonds is 8. The Labute approximate surface area is 233 Å². The second kappa shape index (κ2) is 11.5. The van der Waals surface area contributed by atoms with Crippen LogP contribution in [0.3, 0.4) is 0 Å². The van der Waals surface area contributed by atoms with Crippen molar-refractivity contribution in [1.29, 1.82) is 10.8 Å². The minimum atomic E-state index is -0.634. The molecule has 2 aromatic heterocycles. The molecule has 9 heteroatoms. The van der Waals surface area contributed by atoms with Gasteiger partial charge in [0.15, 0.2) is 5.90 Å². The van der Waals surface area contributed by atoms with Crippen molar-refractivity contribution in [2.45, 2.75) is 40.0 Å². The lowest BCUT2D eigenvalue weighted by Crippen LogP contribution is -2.23. The zero-order valence-electron chi connectivity index (χ0n) is 21.3. The fourth-order valence-corrected chi connectivity index (χ4v) is 6.18. The normalized spacial score (nSPS) is 11.2. The van der Waals surface area contributed by atoms with Crippen LogP contribution in [0, 0.1) is 22.6 Å². The molecule has 6 nitrogen and oxygen atoms in total. The first-order chi connectivity index (χ1) is 18.0. The number of ether oxygens (including phenoxy) is 1. The lowest BCUT2D eigenvalue weighted by Gasteiger charge is -2.21. The molecule has 4 rings (SSSR count). The molecule has 0 bridgehead atoms. The fraction of sp³-hybridized carbons (Fsp3) is 0.241. The highest BCUT2D eigenvalue weighted by molar-refractivity contribution is 9.10. The van der Waals surface area contributed by atoms with E-state index in [2.05, 4.69) is 15.9 Å². The summed E-state index contributed by atoms with van der Waals surface area (Å²) in [5.74, 6) is -1.18. The van der Waals surface area contributed by atoms with Gasteiger partial charge in [-0.3, -0.25) is 20.6 Å². The Morgan fingerprint density at radius 3 is 2.42 bits per heavy atom. The van der Waals surface area contributed by atoms with E-state index in [1.54, 1.807) is 12.1 Å². The Balaban J connectivity index is 2.01. The van der Waals surface area contributed by atoms with Gasteiger partial charge < -0.3 is 10.5 Å². The van der Waals surface area contributed by atoms with Gasteiger partial charge in [0.2, 0.25) is 5.90 Å². The molecule has 2 heterocycles. The average Bonchev–Trinajstić information content (AvgIpc) is 3.27. The SMILES string of the molecule is CC(=N)OC(=N)c1c(CCc2ccc(F)cc2)nc(CC(C)C)c(C(N)=O)c1-c1cc2cccc(Br)c2s1. The van der Waals surface area contributed by atoms with Gasteiger partial charge in [0.05, 0.1) is 22.5 Å². The van der Waals surface area contributed by atoms with Crippen LogP contribution in [0.5, 0.6) is 0 Å². The summed E-state index contributed by atoms with van der Waals surface area (Å²) in [6, 6.07) is 14.1. The number of thiophene rings is 1. The quantitative estimate of drug-likeness (QED) is 0.147. The van der Waals surface area contributed by atoms with Crippen LogP contribution in [0.2, 0.25) is 0 Å². The van der Waals surface area contributed by atoms with Crippen LogP contribution in [0.15, 0.2) is 53.0 Å². The third kappa shape index (κ3) is 6.00. The number of amides is 1. The summed E-state index contributed by atoms with van der Waals surface area (Å²) in [6.45, 7) is 5.52. The number of fused-ring (bicyclic) bond motifs is 1. The number of nitrogens with two attached hydrogens (primary N) is 1. The van der Waals surface area contributed by atoms with Gasteiger partial charge in [0.1, 0.15) is 5.82 Å². The number of nitrogens with one attached hydrogen (secondary N) is 2. The largest absolute Gasteiger partial charge is 0.425 e. The number of halogens is 2. The van der Waals surface area contributed by atoms with E-state index in [0.29, 0.717) is 41.8 Å². The average molecular weight is 596 g/mol. The summed E-state index contributed by atoms with van der Waals surface area (Å²) in [7, 11) is 0. The van der Waals surface area contributed by atoms with Crippen LogP contribution in [0.4, 0.5) is 4.39 Å². The Hall–Kier alpha value is -3.43. The molecular formula is C29H28BrFN4O2S. The number of primary amides is 1. The number of pyridine rings is 1. The highest BCUT2D eigenvalue weighted by Crippen LogP contribution is 2.42. The molecule has 4 aromatic rings. The second-order valence-corrected chi connectivity index (χ2v) is 11.4. The molecule has 0 radical (unpaired) electrons. The van der Waals surface area contributed by atoms with Crippen molar-refractivity contribution in [2.75, 3.05) is 0 Å². The van der Waals surface area contributed by atoms with E-state index >= 15 is 0 Å². The van der Waals surface area contributed by atoms with Crippen molar-refractivity contribution in [3.05, 3.63) is 86.9 Å². The van der Waals surface area contributed by atoms with Crippen LogP contribution in [-0.4, -0.2) is 22.7 Å². The van der Waals surface area contributed by atoms with Gasteiger partial charge in [-0.1, -0.05) is 38.1 Å². The highest BCUT2D eigenvalue weighted by atomic mass is 79.9. The zero-order valence-corrected chi connectivity index (χ0v) is 23.7. The standard InChI is InChI=1S/C29H28BrFN4O2S/c1-15(2)13-22-24(28(33)36)26(23-14-18-5-4-6-20(30)27(18)38-23)25(29(34)37-16(3)32)21(35-22)12-9-17-7-10-19(31)11-8-17/h4-8,10-11,14-15,32,34H,9,12-13H2,1-3H3,(H2,33,36). The van der Waals surface area contributed by atoms with Gasteiger partial charge in [0, 0.05) is 26.5 Å². The van der Waals surface area contributed by atoms with E-state index in [1.807, 2.05) is 38.1 Å². The molecule has 0 fully saturated rings. The maximum absolute atomic E-state index is 13.5. The number of aryl methyl sites for hydroxylation is 2. The third-order valence-electron chi connectivity index (χ3n) is 5.98. The molecule has 0 unspecified atom stereocenters. The number of carbonyl (C=O) groups is 1. The minimum Gasteiger partial charge on any atom is -0.425 e. The molecule has 0 spiro atoms. The Morgan fingerprint density at radius 1 is 1.11 bits per heavy atom. The molecule has 0 atom stereocenters.